The van der Waals surface area contributed by atoms with Crippen molar-refractivity contribution in [2.24, 2.45) is 10.9 Å². The van der Waals surface area contributed by atoms with Gasteiger partial charge in [0.1, 0.15) is 5.37 Å². The summed E-state index contributed by atoms with van der Waals surface area (Å²) in [6.07, 6.45) is 0. The van der Waals surface area contributed by atoms with Crippen LogP contribution in [0.25, 0.3) is 0 Å². The van der Waals surface area contributed by atoms with Crippen LogP contribution >= 0.6 is 0 Å². The van der Waals surface area contributed by atoms with E-state index in [4.69, 9.17) is 5.73 Å². The van der Waals surface area contributed by atoms with Gasteiger partial charge in [0.15, 0.2) is 0 Å². The topological polar surface area (TPSA) is 86.2 Å². The first-order valence-electron chi connectivity index (χ1n) is 1.55. The molecular weight excluding hydrogens is 116 g/mol. The molecule has 1 radical (unpaired) electrons. The zero-order valence-electron chi connectivity index (χ0n) is 3.66. The molecule has 4 nitrogen and oxygen atoms in total. The third kappa shape index (κ3) is 2.55. The molecule has 0 aromatic heterocycles. The molecule has 5 heteroatoms. The number of nitrogens with two attached hydrogens (primary N) is 2. The van der Waals surface area contributed by atoms with Crippen molar-refractivity contribution in [1.29, 1.82) is 0 Å². The van der Waals surface area contributed by atoms with Crippen molar-refractivity contribution < 1.29 is 8.42 Å². The fraction of sp³-hybridized carbons (Fsp3) is 0.500. The van der Waals surface area contributed by atoms with E-state index in [2.05, 4.69) is 12.1 Å². The van der Waals surface area contributed by atoms with E-state index in [9.17, 15) is 8.42 Å². The van der Waals surface area contributed by atoms with Crippen LogP contribution in [0, 0.1) is 6.92 Å². The van der Waals surface area contributed by atoms with E-state index >= 15 is 0 Å². The molecule has 0 aromatic carbocycles. The molecule has 0 aliphatic carbocycles. The van der Waals surface area contributed by atoms with Crippen LogP contribution in [0.1, 0.15) is 0 Å². The average Bonchev–Trinajstić information content (AvgIpc) is 1.31. The van der Waals surface area contributed by atoms with Crippen LogP contribution in [-0.2, 0) is 10.0 Å². The van der Waals surface area contributed by atoms with Crippen molar-refractivity contribution in [2.75, 3.05) is 0 Å². The molecule has 0 rings (SSSR count). The first kappa shape index (κ1) is 6.87. The van der Waals surface area contributed by atoms with Gasteiger partial charge in [-0.25, -0.2) is 13.6 Å². The van der Waals surface area contributed by atoms with Crippen LogP contribution < -0.4 is 10.9 Å². The summed E-state index contributed by atoms with van der Waals surface area (Å²) in [6, 6.07) is 0. The Morgan fingerprint density at radius 3 is 1.71 bits per heavy atom. The molecule has 0 spiro atoms. The van der Waals surface area contributed by atoms with E-state index < -0.39 is 15.4 Å². The summed E-state index contributed by atoms with van der Waals surface area (Å²) in [4.78, 5) is 0. The Labute approximate surface area is 42.5 Å². The molecule has 0 amide bonds. The average molecular weight is 123 g/mol. The SMILES string of the molecule is [CH2]C(N)S(N)(=O)=O. The summed E-state index contributed by atoms with van der Waals surface area (Å²) in [5.41, 5.74) is 4.75. The Morgan fingerprint density at radius 1 is 1.57 bits per heavy atom. The van der Waals surface area contributed by atoms with Crippen LogP contribution in [0.5, 0.6) is 0 Å². The molecule has 0 aliphatic rings. The fourth-order valence-corrected chi connectivity index (χ4v) is 0. The number of primary sulfonamides is 1. The zero-order valence-corrected chi connectivity index (χ0v) is 4.48. The molecule has 0 bridgehead atoms. The van der Waals surface area contributed by atoms with Crippen molar-refractivity contribution >= 4 is 10.0 Å². The summed E-state index contributed by atoms with van der Waals surface area (Å²) >= 11 is 0. The van der Waals surface area contributed by atoms with Crippen LogP contribution in [0.2, 0.25) is 0 Å². The Balaban J connectivity index is 4.10. The summed E-state index contributed by atoms with van der Waals surface area (Å²) in [7, 11) is -3.57. The highest BCUT2D eigenvalue weighted by atomic mass is 32.2. The molecular formula is C2H7N2O2S. The molecule has 0 heterocycles. The minimum absolute atomic E-state index is 1.20. The molecule has 43 valence electrons. The van der Waals surface area contributed by atoms with Gasteiger partial charge in [-0.3, -0.25) is 0 Å². The van der Waals surface area contributed by atoms with Gasteiger partial charge in [0.25, 0.3) is 0 Å². The lowest BCUT2D eigenvalue weighted by Crippen LogP contribution is -2.33. The summed E-state index contributed by atoms with van der Waals surface area (Å²) in [6.45, 7) is 2.97. The lowest BCUT2D eigenvalue weighted by molar-refractivity contribution is 0.591. The maximum Gasteiger partial charge on any atom is 0.224 e. The first-order chi connectivity index (χ1) is 2.94. The van der Waals surface area contributed by atoms with Crippen LogP contribution in [0.3, 0.4) is 0 Å². The smallest absolute Gasteiger partial charge is 0.224 e. The largest absolute Gasteiger partial charge is 0.314 e. The van der Waals surface area contributed by atoms with E-state index in [1.54, 1.807) is 0 Å². The normalized spacial score (nSPS) is 16.4. The highest BCUT2D eigenvalue weighted by Gasteiger charge is 2.07. The molecule has 0 aromatic rings. The highest BCUT2D eigenvalue weighted by molar-refractivity contribution is 7.89. The monoisotopic (exact) mass is 123 g/mol. The van der Waals surface area contributed by atoms with E-state index in [0.717, 1.165) is 0 Å². The van der Waals surface area contributed by atoms with Gasteiger partial charge in [-0.05, 0) is 6.92 Å². The third-order valence-corrected chi connectivity index (χ3v) is 1.27. The molecule has 7 heavy (non-hydrogen) atoms. The quantitative estimate of drug-likeness (QED) is 0.440. The van der Waals surface area contributed by atoms with Gasteiger partial charge in [0.05, 0.1) is 0 Å². The number of hydrogen-bond donors (Lipinski definition) is 2. The standard InChI is InChI=1S/C2H7N2O2S/c1-2(3)7(4,5)6/h2H,1,3H2,(H2,4,5,6). The minimum Gasteiger partial charge on any atom is -0.314 e. The van der Waals surface area contributed by atoms with E-state index in [1.165, 1.54) is 0 Å². The lowest BCUT2D eigenvalue weighted by atomic mass is 10.8. The Kier molecular flexibility index (Phi) is 1.74. The van der Waals surface area contributed by atoms with Gasteiger partial charge >= 0.3 is 0 Å². The zero-order chi connectivity index (χ0) is 6.08. The Morgan fingerprint density at radius 2 is 1.71 bits per heavy atom. The van der Waals surface area contributed by atoms with Crippen molar-refractivity contribution in [1.82, 2.24) is 0 Å². The van der Waals surface area contributed by atoms with Crippen LogP contribution in [0.4, 0.5) is 0 Å². The third-order valence-electron chi connectivity index (χ3n) is 0.422. The van der Waals surface area contributed by atoms with Crippen LogP contribution in [-0.4, -0.2) is 13.8 Å². The second-order valence-corrected chi connectivity index (χ2v) is 2.91. The van der Waals surface area contributed by atoms with Gasteiger partial charge in [-0.15, -0.1) is 0 Å². The molecule has 0 saturated carbocycles. The second kappa shape index (κ2) is 1.77. The molecule has 0 saturated heterocycles. The van der Waals surface area contributed by atoms with Crippen molar-refractivity contribution in [3.8, 4) is 0 Å². The van der Waals surface area contributed by atoms with Gasteiger partial charge in [0.2, 0.25) is 10.0 Å². The predicted molar refractivity (Wildman–Crippen MR) is 26.4 cm³/mol. The Hall–Kier alpha value is -0.130. The maximum absolute atomic E-state index is 9.92. The highest BCUT2D eigenvalue weighted by Crippen LogP contribution is 1.79. The summed E-state index contributed by atoms with van der Waals surface area (Å²) < 4.78 is 19.8. The van der Waals surface area contributed by atoms with Crippen molar-refractivity contribution in [3.05, 3.63) is 6.92 Å². The molecule has 4 N–H and O–H groups in total. The molecule has 0 fully saturated rings. The predicted octanol–water partition coefficient (Wildman–Crippen LogP) is -1.61. The van der Waals surface area contributed by atoms with Gasteiger partial charge in [-0.2, -0.15) is 0 Å². The van der Waals surface area contributed by atoms with Gasteiger partial charge in [0, 0.05) is 0 Å². The summed E-state index contributed by atoms with van der Waals surface area (Å²) in [5, 5.41) is 3.26. The summed E-state index contributed by atoms with van der Waals surface area (Å²) in [5.74, 6) is 0. The van der Waals surface area contributed by atoms with Gasteiger partial charge < -0.3 is 5.73 Å². The van der Waals surface area contributed by atoms with Crippen molar-refractivity contribution in [3.63, 3.8) is 0 Å². The minimum atomic E-state index is -3.57. The molecule has 1 unspecified atom stereocenters. The number of rotatable bonds is 1. The first-order valence-corrected chi connectivity index (χ1v) is 3.16. The van der Waals surface area contributed by atoms with Crippen LogP contribution in [0.15, 0.2) is 0 Å². The van der Waals surface area contributed by atoms with Gasteiger partial charge in [-0.1, -0.05) is 0 Å². The Bertz CT molecular complexity index is 136. The van der Waals surface area contributed by atoms with E-state index in [1.807, 2.05) is 0 Å². The number of sulfonamides is 1. The number of hydrogen-bond acceptors (Lipinski definition) is 3. The molecule has 0 aliphatic heterocycles. The lowest BCUT2D eigenvalue weighted by Gasteiger charge is -1.96. The van der Waals surface area contributed by atoms with E-state index in [0.29, 0.717) is 0 Å². The van der Waals surface area contributed by atoms with Crippen molar-refractivity contribution in [2.45, 2.75) is 5.37 Å². The molecule has 1 atom stereocenters. The van der Waals surface area contributed by atoms with E-state index in [-0.39, 0.29) is 0 Å². The maximum atomic E-state index is 9.92. The fourth-order valence-electron chi connectivity index (χ4n) is 0. The second-order valence-electron chi connectivity index (χ2n) is 1.13.